The van der Waals surface area contributed by atoms with Gasteiger partial charge in [-0.05, 0) is 80.2 Å². The number of rotatable bonds is 10. The average Bonchev–Trinajstić information content (AvgIpc) is 3.36. The smallest absolute Gasteiger partial charge is 0.342 e. The monoisotopic (exact) mass is 518 g/mol. The fraction of sp³-hybridized carbons (Fsp3) is 0.185. The third kappa shape index (κ3) is 6.28. The third-order valence-electron chi connectivity index (χ3n) is 5.40. The number of nitrogens with one attached hydrogen (secondary N) is 2. The number of thioether (sulfide) groups is 1. The number of ether oxygens (including phenoxy) is 2. The highest BCUT2D eigenvalue weighted by atomic mass is 32.2. The first-order valence-electron chi connectivity index (χ1n) is 11.6. The molecule has 1 heterocycles. The fourth-order valence-electron chi connectivity index (χ4n) is 3.56. The van der Waals surface area contributed by atoms with Crippen molar-refractivity contribution in [1.82, 2.24) is 15.6 Å². The number of methoxy groups -OCH3 is 1. The summed E-state index contributed by atoms with van der Waals surface area (Å²) >= 11 is 1.29. The highest BCUT2D eigenvalue weighted by molar-refractivity contribution is 7.99. The van der Waals surface area contributed by atoms with Crippen LogP contribution in [-0.2, 0) is 4.79 Å². The highest BCUT2D eigenvalue weighted by Crippen LogP contribution is 2.26. The van der Waals surface area contributed by atoms with E-state index in [1.54, 1.807) is 19.1 Å². The SMILES string of the molecule is CCOc1ccc(-[n+]2c(SCC(=O)NN=C(C)c3ccc(O)c(OC)c3)n[nH]c2-c2ccccc2)cc1. The number of H-pyrrole nitrogens is 1. The Balaban J connectivity index is 1.51. The van der Waals surface area contributed by atoms with Gasteiger partial charge in [-0.2, -0.15) is 9.67 Å². The van der Waals surface area contributed by atoms with Gasteiger partial charge in [-0.15, -0.1) is 5.10 Å². The summed E-state index contributed by atoms with van der Waals surface area (Å²) in [6.45, 7) is 4.30. The molecule has 0 spiro atoms. The zero-order chi connectivity index (χ0) is 26.2. The quantitative estimate of drug-likeness (QED) is 0.126. The number of aromatic hydroxyl groups is 1. The van der Waals surface area contributed by atoms with Crippen molar-refractivity contribution in [2.45, 2.75) is 19.0 Å². The molecule has 0 atom stereocenters. The molecular formula is C27H28N5O4S+. The van der Waals surface area contributed by atoms with Crippen LogP contribution in [0.15, 0.2) is 83.1 Å². The second kappa shape index (κ2) is 12.1. The molecule has 190 valence electrons. The van der Waals surface area contributed by atoms with Gasteiger partial charge in [0, 0.05) is 5.56 Å². The van der Waals surface area contributed by atoms with E-state index in [2.05, 4.69) is 20.7 Å². The van der Waals surface area contributed by atoms with Crippen molar-refractivity contribution >= 4 is 23.4 Å². The number of aromatic amines is 1. The lowest BCUT2D eigenvalue weighted by Gasteiger charge is -2.07. The molecule has 3 N–H and O–H groups in total. The number of hydrogen-bond acceptors (Lipinski definition) is 7. The van der Waals surface area contributed by atoms with Crippen LogP contribution in [0.25, 0.3) is 17.1 Å². The van der Waals surface area contributed by atoms with Gasteiger partial charge in [0.2, 0.25) is 0 Å². The largest absolute Gasteiger partial charge is 0.504 e. The van der Waals surface area contributed by atoms with Gasteiger partial charge in [0.1, 0.15) is 11.4 Å². The molecular weight excluding hydrogens is 490 g/mol. The van der Waals surface area contributed by atoms with Crippen molar-refractivity contribution in [3.63, 3.8) is 0 Å². The molecule has 0 aliphatic rings. The van der Waals surface area contributed by atoms with Crippen molar-refractivity contribution in [1.29, 1.82) is 0 Å². The Bertz CT molecular complexity index is 1390. The van der Waals surface area contributed by atoms with Crippen LogP contribution in [-0.4, -0.2) is 46.4 Å². The molecule has 10 heteroatoms. The fourth-order valence-corrected chi connectivity index (χ4v) is 4.32. The van der Waals surface area contributed by atoms with Gasteiger partial charge >= 0.3 is 5.16 Å². The van der Waals surface area contributed by atoms with Crippen LogP contribution in [0.5, 0.6) is 17.2 Å². The predicted molar refractivity (Wildman–Crippen MR) is 142 cm³/mol. The lowest BCUT2D eigenvalue weighted by atomic mass is 10.1. The van der Waals surface area contributed by atoms with Crippen molar-refractivity contribution in [3.8, 4) is 34.3 Å². The van der Waals surface area contributed by atoms with Crippen LogP contribution in [0.2, 0.25) is 0 Å². The number of carbonyl (C=O) groups is 1. The molecule has 0 saturated carbocycles. The third-order valence-corrected chi connectivity index (χ3v) is 6.34. The minimum absolute atomic E-state index is 0.0363. The normalized spacial score (nSPS) is 11.3. The van der Waals surface area contributed by atoms with E-state index in [0.717, 1.165) is 28.4 Å². The van der Waals surface area contributed by atoms with Gasteiger partial charge in [-0.1, -0.05) is 18.2 Å². The molecule has 0 radical (unpaired) electrons. The van der Waals surface area contributed by atoms with E-state index in [9.17, 15) is 9.90 Å². The van der Waals surface area contributed by atoms with Gasteiger partial charge < -0.3 is 14.6 Å². The summed E-state index contributed by atoms with van der Waals surface area (Å²) in [5.41, 5.74) is 5.72. The van der Waals surface area contributed by atoms with E-state index in [-0.39, 0.29) is 17.4 Å². The number of amides is 1. The molecule has 0 unspecified atom stereocenters. The Labute approximate surface area is 219 Å². The summed E-state index contributed by atoms with van der Waals surface area (Å²) in [7, 11) is 1.47. The van der Waals surface area contributed by atoms with E-state index >= 15 is 0 Å². The number of phenolic OH excluding ortho intramolecular Hbond substituents is 1. The van der Waals surface area contributed by atoms with Gasteiger partial charge in [-0.25, -0.2) is 5.43 Å². The number of phenols is 1. The zero-order valence-corrected chi connectivity index (χ0v) is 21.6. The molecule has 1 amide bonds. The Morgan fingerprint density at radius 1 is 1.14 bits per heavy atom. The Morgan fingerprint density at radius 3 is 2.59 bits per heavy atom. The van der Waals surface area contributed by atoms with E-state index in [4.69, 9.17) is 9.47 Å². The minimum Gasteiger partial charge on any atom is -0.504 e. The van der Waals surface area contributed by atoms with Crippen molar-refractivity contribution in [3.05, 3.63) is 78.4 Å². The molecule has 0 fully saturated rings. The molecule has 0 aliphatic heterocycles. The van der Waals surface area contributed by atoms with Crippen molar-refractivity contribution in [2.24, 2.45) is 5.10 Å². The lowest BCUT2D eigenvalue weighted by Crippen LogP contribution is -2.34. The molecule has 0 aliphatic carbocycles. The van der Waals surface area contributed by atoms with Crippen LogP contribution in [0, 0.1) is 0 Å². The first-order valence-corrected chi connectivity index (χ1v) is 12.6. The average molecular weight is 519 g/mol. The zero-order valence-electron chi connectivity index (χ0n) is 20.8. The Morgan fingerprint density at radius 2 is 1.89 bits per heavy atom. The molecule has 0 bridgehead atoms. The van der Waals surface area contributed by atoms with Crippen molar-refractivity contribution < 1.29 is 23.9 Å². The molecule has 4 rings (SSSR count). The summed E-state index contributed by atoms with van der Waals surface area (Å²) in [6, 6.07) is 22.5. The van der Waals surface area contributed by atoms with Gasteiger partial charge in [-0.3, -0.25) is 4.79 Å². The molecule has 9 nitrogen and oxygen atoms in total. The maximum absolute atomic E-state index is 12.6. The summed E-state index contributed by atoms with van der Waals surface area (Å²) in [4.78, 5) is 12.6. The number of carbonyl (C=O) groups excluding carboxylic acids is 1. The van der Waals surface area contributed by atoms with Crippen LogP contribution >= 0.6 is 11.8 Å². The number of aromatic nitrogens is 3. The second-order valence-electron chi connectivity index (χ2n) is 7.89. The number of benzene rings is 3. The topological polar surface area (TPSA) is 113 Å². The molecule has 3 aromatic carbocycles. The summed E-state index contributed by atoms with van der Waals surface area (Å²) in [5, 5.41) is 22.2. The summed E-state index contributed by atoms with van der Waals surface area (Å²) in [6.07, 6.45) is 0. The van der Waals surface area contributed by atoms with Crippen LogP contribution in [0.3, 0.4) is 0 Å². The molecule has 0 saturated heterocycles. The molecule has 1 aromatic heterocycles. The van der Waals surface area contributed by atoms with Gasteiger partial charge in [0.15, 0.2) is 11.5 Å². The van der Waals surface area contributed by atoms with Crippen LogP contribution < -0.4 is 19.5 Å². The lowest BCUT2D eigenvalue weighted by molar-refractivity contribution is -0.625. The number of hydrogen-bond donors (Lipinski definition) is 3. The summed E-state index contributed by atoms with van der Waals surface area (Å²) < 4.78 is 12.7. The van der Waals surface area contributed by atoms with Gasteiger partial charge in [0.25, 0.3) is 11.7 Å². The standard InChI is InChI=1S/C27H27N5O4S/c1-4-36-22-13-11-21(12-14-22)32-26(19-8-6-5-7-9-19)30-31-27(32)37-17-25(34)29-28-18(2)20-10-15-23(33)24(16-20)35-3/h5-16H,4,17H2,1-3H3,(H2,28,29,33,34)/p+1. The van der Waals surface area contributed by atoms with Crippen LogP contribution in [0.1, 0.15) is 19.4 Å². The second-order valence-corrected chi connectivity index (χ2v) is 8.83. The molecule has 37 heavy (non-hydrogen) atoms. The maximum Gasteiger partial charge on any atom is 0.342 e. The Kier molecular flexibility index (Phi) is 8.42. The Hall–Kier alpha value is -4.31. The first-order chi connectivity index (χ1) is 18.0. The van der Waals surface area contributed by atoms with E-state index < -0.39 is 0 Å². The number of hydrazone groups is 1. The first kappa shape index (κ1) is 25.8. The van der Waals surface area contributed by atoms with E-state index in [0.29, 0.717) is 23.2 Å². The summed E-state index contributed by atoms with van der Waals surface area (Å²) in [5.74, 6) is 1.77. The van der Waals surface area contributed by atoms with Crippen molar-refractivity contribution in [2.75, 3.05) is 19.5 Å². The maximum atomic E-state index is 12.6. The van der Waals surface area contributed by atoms with Crippen LogP contribution in [0.4, 0.5) is 0 Å². The van der Waals surface area contributed by atoms with E-state index in [1.165, 1.54) is 24.9 Å². The van der Waals surface area contributed by atoms with E-state index in [1.807, 2.05) is 66.1 Å². The highest BCUT2D eigenvalue weighted by Gasteiger charge is 2.24. The predicted octanol–water partition coefficient (Wildman–Crippen LogP) is 4.10. The minimum atomic E-state index is -0.280. The number of nitrogens with zero attached hydrogens (tertiary/aromatic N) is 3. The van der Waals surface area contributed by atoms with Gasteiger partial charge in [0.05, 0.1) is 35.8 Å². The molecule has 4 aromatic rings.